The number of ether oxygens (including phenoxy) is 1. The molecule has 0 atom stereocenters. The van der Waals surface area contributed by atoms with Gasteiger partial charge in [0.1, 0.15) is 17.8 Å². The van der Waals surface area contributed by atoms with Gasteiger partial charge in [-0.25, -0.2) is 10.1 Å². The van der Waals surface area contributed by atoms with Crippen LogP contribution >= 0.6 is 0 Å². The van der Waals surface area contributed by atoms with Crippen molar-refractivity contribution < 1.29 is 14.6 Å². The van der Waals surface area contributed by atoms with Crippen LogP contribution in [0.3, 0.4) is 0 Å². The number of carbonyl (C=O) groups is 1. The fourth-order valence-electron chi connectivity index (χ4n) is 1.95. The molecule has 1 heterocycles. The fourth-order valence-corrected chi connectivity index (χ4v) is 1.95. The molecule has 0 aliphatic carbocycles. The van der Waals surface area contributed by atoms with Crippen LogP contribution in [0.5, 0.6) is 11.5 Å². The van der Waals surface area contributed by atoms with Gasteiger partial charge in [-0.2, -0.15) is 5.10 Å². The van der Waals surface area contributed by atoms with Crippen LogP contribution in [0.4, 0.5) is 0 Å². The molecule has 0 fully saturated rings. The molecule has 25 heavy (non-hydrogen) atoms. The van der Waals surface area contributed by atoms with Crippen molar-refractivity contribution in [2.45, 2.75) is 0 Å². The number of phenols is 1. The minimum atomic E-state index is -0.431. The number of amides is 1. The maximum absolute atomic E-state index is 11.8. The third-order valence-corrected chi connectivity index (χ3v) is 3.13. The average Bonchev–Trinajstić information content (AvgIpc) is 3.17. The predicted molar refractivity (Wildman–Crippen MR) is 88.5 cm³/mol. The second-order valence-corrected chi connectivity index (χ2v) is 4.89. The molecule has 0 saturated carbocycles. The highest BCUT2D eigenvalue weighted by atomic mass is 16.5. The number of aromatic nitrogens is 4. The number of para-hydroxylation sites is 1. The minimum Gasteiger partial charge on any atom is -0.507 e. The fraction of sp³-hybridized carbons (Fsp3) is 0.0625. The summed E-state index contributed by atoms with van der Waals surface area (Å²) in [7, 11) is 0. The third kappa shape index (κ3) is 4.38. The first kappa shape index (κ1) is 16.1. The van der Waals surface area contributed by atoms with Gasteiger partial charge in [-0.3, -0.25) is 4.79 Å². The molecule has 3 rings (SSSR count). The smallest absolute Gasteiger partial charge is 0.277 e. The van der Waals surface area contributed by atoms with Gasteiger partial charge >= 0.3 is 0 Å². The third-order valence-electron chi connectivity index (χ3n) is 3.13. The molecular weight excluding hydrogens is 324 g/mol. The standard InChI is InChI=1S/C16H14N6O3/c23-15-7-2-1-4-12(15)9-17-19-16(24)10-25-14-6-3-5-13(8-14)22-11-18-20-21-22/h1-9,11,23H,10H2,(H,19,24). The molecular formula is C16H14N6O3. The quantitative estimate of drug-likeness (QED) is 0.510. The van der Waals surface area contributed by atoms with E-state index < -0.39 is 5.91 Å². The largest absolute Gasteiger partial charge is 0.507 e. The molecule has 1 amide bonds. The Morgan fingerprint density at radius 1 is 1.28 bits per heavy atom. The van der Waals surface area contributed by atoms with Gasteiger partial charge in [0.15, 0.2) is 6.61 Å². The van der Waals surface area contributed by atoms with Gasteiger partial charge in [0, 0.05) is 11.6 Å². The molecule has 126 valence electrons. The summed E-state index contributed by atoms with van der Waals surface area (Å²) in [5, 5.41) is 24.3. The summed E-state index contributed by atoms with van der Waals surface area (Å²) in [6, 6.07) is 13.6. The van der Waals surface area contributed by atoms with Crippen LogP contribution in [0.25, 0.3) is 5.69 Å². The molecule has 2 N–H and O–H groups in total. The Hall–Kier alpha value is -3.75. The summed E-state index contributed by atoms with van der Waals surface area (Å²) >= 11 is 0. The van der Waals surface area contributed by atoms with Crippen LogP contribution in [-0.4, -0.2) is 44.0 Å². The molecule has 0 aliphatic heterocycles. The number of hydrogen-bond donors (Lipinski definition) is 2. The lowest BCUT2D eigenvalue weighted by Gasteiger charge is -2.06. The molecule has 0 radical (unpaired) electrons. The van der Waals surface area contributed by atoms with Crippen molar-refractivity contribution >= 4 is 12.1 Å². The Kier molecular flexibility index (Phi) is 4.95. The van der Waals surface area contributed by atoms with Gasteiger partial charge < -0.3 is 9.84 Å². The van der Waals surface area contributed by atoms with E-state index in [1.165, 1.54) is 23.3 Å². The van der Waals surface area contributed by atoms with Gasteiger partial charge in [0.25, 0.3) is 5.91 Å². The van der Waals surface area contributed by atoms with Crippen LogP contribution < -0.4 is 10.2 Å². The molecule has 1 aromatic heterocycles. The second-order valence-electron chi connectivity index (χ2n) is 4.89. The van der Waals surface area contributed by atoms with E-state index in [1.54, 1.807) is 42.5 Å². The second kappa shape index (κ2) is 7.68. The molecule has 0 aliphatic rings. The number of aromatic hydroxyl groups is 1. The number of benzene rings is 2. The first-order valence-corrected chi connectivity index (χ1v) is 7.28. The van der Waals surface area contributed by atoms with E-state index in [9.17, 15) is 9.90 Å². The van der Waals surface area contributed by atoms with E-state index in [0.717, 1.165) is 0 Å². The number of carbonyl (C=O) groups excluding carboxylic acids is 1. The maximum Gasteiger partial charge on any atom is 0.277 e. The Bertz CT molecular complexity index is 879. The van der Waals surface area contributed by atoms with Gasteiger partial charge in [-0.05, 0) is 34.7 Å². The van der Waals surface area contributed by atoms with E-state index >= 15 is 0 Å². The normalized spacial score (nSPS) is 10.7. The first-order valence-electron chi connectivity index (χ1n) is 7.28. The summed E-state index contributed by atoms with van der Waals surface area (Å²) in [6.07, 6.45) is 2.81. The predicted octanol–water partition coefficient (Wildman–Crippen LogP) is 0.897. The highest BCUT2D eigenvalue weighted by Gasteiger charge is 2.04. The van der Waals surface area contributed by atoms with E-state index in [1.807, 2.05) is 0 Å². The van der Waals surface area contributed by atoms with Crippen LogP contribution in [0, 0.1) is 0 Å². The molecule has 0 unspecified atom stereocenters. The van der Waals surface area contributed by atoms with Crippen LogP contribution in [-0.2, 0) is 4.79 Å². The van der Waals surface area contributed by atoms with E-state index in [0.29, 0.717) is 17.0 Å². The SMILES string of the molecule is O=C(COc1cccc(-n2cnnn2)c1)NN=Cc1ccccc1O. The number of rotatable bonds is 6. The van der Waals surface area contributed by atoms with Crippen LogP contribution in [0.1, 0.15) is 5.56 Å². The van der Waals surface area contributed by atoms with Gasteiger partial charge in [0.05, 0.1) is 11.9 Å². The summed E-state index contributed by atoms with van der Waals surface area (Å²) in [4.78, 5) is 11.8. The molecule has 9 heteroatoms. The molecule has 3 aromatic rings. The molecule has 0 bridgehead atoms. The number of nitrogens with zero attached hydrogens (tertiary/aromatic N) is 5. The summed E-state index contributed by atoms with van der Waals surface area (Å²) in [5.41, 5.74) is 3.53. The number of hydrazone groups is 1. The van der Waals surface area contributed by atoms with Crippen LogP contribution in [0.15, 0.2) is 60.0 Å². The van der Waals surface area contributed by atoms with Crippen molar-refractivity contribution in [3.63, 3.8) is 0 Å². The highest BCUT2D eigenvalue weighted by Crippen LogP contribution is 2.15. The lowest BCUT2D eigenvalue weighted by Crippen LogP contribution is -2.24. The minimum absolute atomic E-state index is 0.0798. The highest BCUT2D eigenvalue weighted by molar-refractivity contribution is 5.85. The monoisotopic (exact) mass is 338 g/mol. The van der Waals surface area contributed by atoms with Crippen molar-refractivity contribution in [1.29, 1.82) is 0 Å². The average molecular weight is 338 g/mol. The number of hydrogen-bond acceptors (Lipinski definition) is 7. The Balaban J connectivity index is 1.53. The van der Waals surface area contributed by atoms with Gasteiger partial charge in [-0.1, -0.05) is 18.2 Å². The summed E-state index contributed by atoms with van der Waals surface area (Å²) in [6.45, 7) is -0.211. The van der Waals surface area contributed by atoms with Crippen molar-refractivity contribution in [3.05, 3.63) is 60.4 Å². The number of phenolic OH excluding ortho intramolecular Hbond substituents is 1. The van der Waals surface area contributed by atoms with Crippen molar-refractivity contribution in [1.82, 2.24) is 25.6 Å². The zero-order valence-electron chi connectivity index (χ0n) is 13.0. The van der Waals surface area contributed by atoms with Crippen molar-refractivity contribution in [2.24, 2.45) is 5.10 Å². The topological polar surface area (TPSA) is 115 Å². The lowest BCUT2D eigenvalue weighted by molar-refractivity contribution is -0.123. The van der Waals surface area contributed by atoms with E-state index in [2.05, 4.69) is 26.1 Å². The number of nitrogens with one attached hydrogen (secondary N) is 1. The Morgan fingerprint density at radius 3 is 2.96 bits per heavy atom. The summed E-state index contributed by atoms with van der Waals surface area (Å²) < 4.78 is 6.89. The van der Waals surface area contributed by atoms with Crippen molar-refractivity contribution in [2.75, 3.05) is 6.61 Å². The molecule has 2 aromatic carbocycles. The summed E-state index contributed by atoms with van der Waals surface area (Å²) in [5.74, 6) is 0.142. The maximum atomic E-state index is 11.8. The van der Waals surface area contributed by atoms with Crippen LogP contribution in [0.2, 0.25) is 0 Å². The van der Waals surface area contributed by atoms with Gasteiger partial charge in [0.2, 0.25) is 0 Å². The Labute approximate surface area is 142 Å². The zero-order valence-corrected chi connectivity index (χ0v) is 13.0. The van der Waals surface area contributed by atoms with E-state index in [-0.39, 0.29) is 12.4 Å². The molecule has 0 spiro atoms. The molecule has 0 saturated heterocycles. The zero-order chi connectivity index (χ0) is 17.5. The molecule has 9 nitrogen and oxygen atoms in total. The lowest BCUT2D eigenvalue weighted by atomic mass is 10.2. The van der Waals surface area contributed by atoms with Crippen molar-refractivity contribution in [3.8, 4) is 17.2 Å². The van der Waals surface area contributed by atoms with E-state index in [4.69, 9.17) is 4.74 Å². The number of tetrazole rings is 1. The Morgan fingerprint density at radius 2 is 2.16 bits per heavy atom. The first-order chi connectivity index (χ1) is 12.2. The van der Waals surface area contributed by atoms with Gasteiger partial charge in [-0.15, -0.1) is 5.10 Å².